The maximum absolute atomic E-state index is 8.98. The van der Waals surface area contributed by atoms with Crippen LogP contribution in [0.3, 0.4) is 0 Å². The van der Waals surface area contributed by atoms with Crippen LogP contribution in [0.25, 0.3) is 0 Å². The fraction of sp³-hybridized carbons (Fsp3) is 0.600. The SMILES string of the molecule is CCC(C#N)Oc1ccc(C)nc1CNC(C)(C)C. The molecule has 1 atom stereocenters. The maximum Gasteiger partial charge on any atom is 0.184 e. The standard InChI is InChI=1S/C15H23N3O/c1-6-12(9-16)19-14-8-7-11(2)18-13(14)10-17-15(3,4)5/h7-8,12,17H,6,10H2,1-5H3. The molecule has 0 fully saturated rings. The van der Waals surface area contributed by atoms with Gasteiger partial charge in [-0.25, -0.2) is 0 Å². The van der Waals surface area contributed by atoms with Crippen molar-refractivity contribution < 1.29 is 4.74 Å². The molecule has 0 bridgehead atoms. The molecule has 1 rings (SSSR count). The van der Waals surface area contributed by atoms with Crippen LogP contribution in [-0.2, 0) is 6.54 Å². The van der Waals surface area contributed by atoms with Gasteiger partial charge in [-0.15, -0.1) is 0 Å². The van der Waals surface area contributed by atoms with Crippen LogP contribution in [0.15, 0.2) is 12.1 Å². The topological polar surface area (TPSA) is 57.9 Å². The lowest BCUT2D eigenvalue weighted by Gasteiger charge is -2.22. The summed E-state index contributed by atoms with van der Waals surface area (Å²) in [4.78, 5) is 4.50. The molecule has 1 aromatic heterocycles. The number of pyridine rings is 1. The van der Waals surface area contributed by atoms with E-state index in [-0.39, 0.29) is 5.54 Å². The van der Waals surface area contributed by atoms with Crippen LogP contribution in [-0.4, -0.2) is 16.6 Å². The van der Waals surface area contributed by atoms with E-state index in [0.717, 1.165) is 11.4 Å². The summed E-state index contributed by atoms with van der Waals surface area (Å²) < 4.78 is 5.70. The summed E-state index contributed by atoms with van der Waals surface area (Å²) in [6.07, 6.45) is 0.245. The third-order valence-electron chi connectivity index (χ3n) is 2.64. The van der Waals surface area contributed by atoms with Crippen molar-refractivity contribution >= 4 is 0 Å². The predicted molar refractivity (Wildman–Crippen MR) is 75.9 cm³/mol. The number of nitriles is 1. The molecule has 0 amide bonds. The lowest BCUT2D eigenvalue weighted by atomic mass is 10.1. The zero-order chi connectivity index (χ0) is 14.5. The van der Waals surface area contributed by atoms with Crippen LogP contribution in [0.1, 0.15) is 45.5 Å². The highest BCUT2D eigenvalue weighted by molar-refractivity contribution is 5.30. The van der Waals surface area contributed by atoms with E-state index in [9.17, 15) is 0 Å². The van der Waals surface area contributed by atoms with Crippen LogP contribution < -0.4 is 10.1 Å². The van der Waals surface area contributed by atoms with E-state index in [1.807, 2.05) is 26.0 Å². The van der Waals surface area contributed by atoms with Gasteiger partial charge in [0.05, 0.1) is 5.69 Å². The Morgan fingerprint density at radius 2 is 2.11 bits per heavy atom. The summed E-state index contributed by atoms with van der Waals surface area (Å²) in [7, 11) is 0. The summed E-state index contributed by atoms with van der Waals surface area (Å²) in [5.41, 5.74) is 1.81. The Balaban J connectivity index is 2.89. The monoisotopic (exact) mass is 261 g/mol. The van der Waals surface area contributed by atoms with Gasteiger partial charge in [-0.1, -0.05) is 6.92 Å². The van der Waals surface area contributed by atoms with Crippen LogP contribution in [0, 0.1) is 18.3 Å². The Labute approximate surface area is 115 Å². The second kappa shape index (κ2) is 6.53. The second-order valence-electron chi connectivity index (χ2n) is 5.64. The summed E-state index contributed by atoms with van der Waals surface area (Å²) in [6, 6.07) is 5.94. The van der Waals surface area contributed by atoms with Gasteiger partial charge in [0, 0.05) is 17.8 Å². The first-order valence-corrected chi connectivity index (χ1v) is 6.63. The van der Waals surface area contributed by atoms with Crippen LogP contribution in [0.4, 0.5) is 0 Å². The molecular formula is C15H23N3O. The average molecular weight is 261 g/mol. The molecule has 1 unspecified atom stereocenters. The Morgan fingerprint density at radius 3 is 2.63 bits per heavy atom. The molecule has 1 aromatic rings. The second-order valence-corrected chi connectivity index (χ2v) is 5.64. The Kier molecular flexibility index (Phi) is 5.31. The molecule has 4 nitrogen and oxygen atoms in total. The molecule has 1 N–H and O–H groups in total. The molecule has 104 valence electrons. The fourth-order valence-corrected chi connectivity index (χ4v) is 1.53. The van der Waals surface area contributed by atoms with Crippen molar-refractivity contribution in [1.82, 2.24) is 10.3 Å². The summed E-state index contributed by atoms with van der Waals surface area (Å²) >= 11 is 0. The fourth-order valence-electron chi connectivity index (χ4n) is 1.53. The van der Waals surface area contributed by atoms with E-state index in [2.05, 4.69) is 37.1 Å². The zero-order valence-electron chi connectivity index (χ0n) is 12.4. The highest BCUT2D eigenvalue weighted by Crippen LogP contribution is 2.20. The quantitative estimate of drug-likeness (QED) is 0.885. The minimum atomic E-state index is -0.419. The minimum Gasteiger partial charge on any atom is -0.474 e. The Bertz CT molecular complexity index is 457. The molecule has 0 aliphatic heterocycles. The van der Waals surface area contributed by atoms with E-state index >= 15 is 0 Å². The van der Waals surface area contributed by atoms with Crippen molar-refractivity contribution in [2.24, 2.45) is 0 Å². The zero-order valence-corrected chi connectivity index (χ0v) is 12.4. The van der Waals surface area contributed by atoms with Gasteiger partial charge in [0.15, 0.2) is 6.10 Å². The number of hydrogen-bond acceptors (Lipinski definition) is 4. The highest BCUT2D eigenvalue weighted by atomic mass is 16.5. The summed E-state index contributed by atoms with van der Waals surface area (Å²) in [5, 5.41) is 12.4. The van der Waals surface area contributed by atoms with Gasteiger partial charge in [-0.2, -0.15) is 5.26 Å². The number of rotatable bonds is 5. The molecule has 4 heteroatoms. The molecule has 0 aliphatic carbocycles. The largest absolute Gasteiger partial charge is 0.474 e. The van der Waals surface area contributed by atoms with Gasteiger partial charge in [0.1, 0.15) is 11.8 Å². The molecule has 0 aromatic carbocycles. The van der Waals surface area contributed by atoms with Gasteiger partial charge in [-0.3, -0.25) is 4.98 Å². The van der Waals surface area contributed by atoms with Gasteiger partial charge in [0.2, 0.25) is 0 Å². The van der Waals surface area contributed by atoms with E-state index in [1.54, 1.807) is 0 Å². The number of ether oxygens (including phenoxy) is 1. The smallest absolute Gasteiger partial charge is 0.184 e. The van der Waals surface area contributed by atoms with Gasteiger partial charge in [0.25, 0.3) is 0 Å². The minimum absolute atomic E-state index is 0.0160. The maximum atomic E-state index is 8.98. The first kappa shape index (κ1) is 15.5. The first-order chi connectivity index (χ1) is 8.85. The summed E-state index contributed by atoms with van der Waals surface area (Å²) in [5.74, 6) is 0.691. The average Bonchev–Trinajstić information content (AvgIpc) is 2.34. The molecule has 0 radical (unpaired) electrons. The van der Waals surface area contributed by atoms with Crippen LogP contribution in [0.2, 0.25) is 0 Å². The number of nitrogens with zero attached hydrogens (tertiary/aromatic N) is 2. The number of aryl methyl sites for hydroxylation is 1. The third kappa shape index (κ3) is 5.27. The molecule has 0 saturated heterocycles. The van der Waals surface area contributed by atoms with Crippen molar-refractivity contribution in [1.29, 1.82) is 5.26 Å². The summed E-state index contributed by atoms with van der Waals surface area (Å²) in [6.45, 7) is 10.8. The van der Waals surface area contributed by atoms with Gasteiger partial charge < -0.3 is 10.1 Å². The van der Waals surface area contributed by atoms with E-state index < -0.39 is 6.10 Å². The van der Waals surface area contributed by atoms with Crippen molar-refractivity contribution in [2.45, 2.75) is 59.2 Å². The molecule has 1 heterocycles. The molecule has 0 aliphatic rings. The predicted octanol–water partition coefficient (Wildman–Crippen LogP) is 2.96. The van der Waals surface area contributed by atoms with Crippen molar-refractivity contribution in [2.75, 3.05) is 0 Å². The molecule has 0 spiro atoms. The lowest BCUT2D eigenvalue weighted by molar-refractivity contribution is 0.246. The van der Waals surface area contributed by atoms with Gasteiger partial charge >= 0.3 is 0 Å². The lowest BCUT2D eigenvalue weighted by Crippen LogP contribution is -2.35. The third-order valence-corrected chi connectivity index (χ3v) is 2.64. The number of nitrogens with one attached hydrogen (secondary N) is 1. The number of hydrogen-bond donors (Lipinski definition) is 1. The van der Waals surface area contributed by atoms with E-state index in [1.165, 1.54) is 0 Å². The molecule has 0 saturated carbocycles. The molecular weight excluding hydrogens is 238 g/mol. The van der Waals surface area contributed by atoms with Crippen LogP contribution >= 0.6 is 0 Å². The molecule has 19 heavy (non-hydrogen) atoms. The number of aromatic nitrogens is 1. The first-order valence-electron chi connectivity index (χ1n) is 6.63. The van der Waals surface area contributed by atoms with Gasteiger partial charge in [-0.05, 0) is 46.2 Å². The van der Waals surface area contributed by atoms with Crippen molar-refractivity contribution in [3.8, 4) is 11.8 Å². The van der Waals surface area contributed by atoms with E-state index in [4.69, 9.17) is 10.00 Å². The highest BCUT2D eigenvalue weighted by Gasteiger charge is 2.14. The Hall–Kier alpha value is -1.60. The normalized spacial score (nSPS) is 12.8. The van der Waals surface area contributed by atoms with Crippen molar-refractivity contribution in [3.05, 3.63) is 23.5 Å². The Morgan fingerprint density at radius 1 is 1.42 bits per heavy atom. The van der Waals surface area contributed by atoms with Crippen LogP contribution in [0.5, 0.6) is 5.75 Å². The van der Waals surface area contributed by atoms with Crippen molar-refractivity contribution in [3.63, 3.8) is 0 Å². The van der Waals surface area contributed by atoms with E-state index in [0.29, 0.717) is 18.7 Å².